The molecule has 7 aromatic rings. The maximum atomic E-state index is 8.37. The van der Waals surface area contributed by atoms with Crippen LogP contribution < -0.4 is 5.19 Å². The molecule has 4 aromatic carbocycles. The van der Waals surface area contributed by atoms with E-state index in [0.29, 0.717) is 0 Å². The maximum absolute atomic E-state index is 8.37. The Hall–Kier alpha value is -3.73. The zero-order chi connectivity index (χ0) is 32.5. The maximum Gasteiger partial charge on any atom is 0.0798 e. The van der Waals surface area contributed by atoms with Crippen molar-refractivity contribution in [3.05, 3.63) is 139 Å². The minimum Gasteiger partial charge on any atom is -0.305 e. The molecule has 46 heavy (non-hydrogen) atoms. The first-order valence-electron chi connectivity index (χ1n) is 15.8. The van der Waals surface area contributed by atoms with Gasteiger partial charge < -0.3 is 9.97 Å². The van der Waals surface area contributed by atoms with Crippen LogP contribution in [0.5, 0.6) is 0 Å². The Bertz CT molecular complexity index is 2130. The Kier molecular flexibility index (Phi) is 10.1. The van der Waals surface area contributed by atoms with Crippen LogP contribution in [-0.2, 0) is 20.1 Å². The Morgan fingerprint density at radius 3 is 2.28 bits per heavy atom. The summed E-state index contributed by atoms with van der Waals surface area (Å²) < 4.78 is 10.8. The predicted molar refractivity (Wildman–Crippen MR) is 197 cm³/mol. The molecular formula is C41H38IrN2SSi-2. The van der Waals surface area contributed by atoms with Gasteiger partial charge in [-0.2, -0.15) is 11.3 Å². The minimum atomic E-state index is -1.27. The van der Waals surface area contributed by atoms with Gasteiger partial charge in [-0.15, -0.1) is 59.7 Å². The van der Waals surface area contributed by atoms with Crippen LogP contribution in [0, 0.1) is 19.1 Å². The van der Waals surface area contributed by atoms with E-state index >= 15 is 0 Å². The van der Waals surface area contributed by atoms with Gasteiger partial charge in [-0.3, -0.25) is 0 Å². The molecule has 0 fully saturated rings. The molecule has 3 aromatic heterocycles. The molecule has 2 nitrogen and oxygen atoms in total. The van der Waals surface area contributed by atoms with Crippen LogP contribution in [0.1, 0.15) is 32.2 Å². The van der Waals surface area contributed by atoms with Gasteiger partial charge in [0.2, 0.25) is 0 Å². The van der Waals surface area contributed by atoms with Crippen LogP contribution >= 0.6 is 11.3 Å². The van der Waals surface area contributed by atoms with Crippen molar-refractivity contribution in [1.82, 2.24) is 9.97 Å². The molecule has 233 valence electrons. The van der Waals surface area contributed by atoms with Crippen LogP contribution in [-0.4, -0.2) is 18.0 Å². The average Bonchev–Trinajstić information content (AvgIpc) is 3.44. The van der Waals surface area contributed by atoms with Crippen LogP contribution in [0.3, 0.4) is 0 Å². The zero-order valence-electron chi connectivity index (χ0n) is 28.1. The molecule has 5 heteroatoms. The standard InChI is InChI=1S/C26H20NS.C15H18NSi.Ir/c1-17(2)19-14-15-27-23(16-19)21-11-6-12-22-25-20(18-8-4-3-5-9-18)10-7-13-24(25)28-26(21)22;1-12-10-14(13-8-6-5-7-9-13)16-11-15(12)17(2,3)4;/h3-10,12-17H,1-2H3;5-8,10-11H,1-4H3;/q2*-1;/i17D;;. The number of nitrogens with zero attached hydrogens (tertiary/aromatic N) is 2. The number of thiophene rings is 1. The normalized spacial score (nSPS) is 11.8. The molecule has 1 radical (unpaired) electrons. The zero-order valence-corrected chi connectivity index (χ0v) is 31.3. The molecule has 0 bridgehead atoms. The van der Waals surface area contributed by atoms with Gasteiger partial charge in [-0.25, -0.2) is 0 Å². The van der Waals surface area contributed by atoms with Crippen molar-refractivity contribution in [2.24, 2.45) is 0 Å². The van der Waals surface area contributed by atoms with E-state index in [1.807, 2.05) is 50.2 Å². The Morgan fingerprint density at radius 2 is 1.59 bits per heavy atom. The number of hydrogen-bond acceptors (Lipinski definition) is 3. The van der Waals surface area contributed by atoms with E-state index in [0.717, 1.165) is 28.1 Å². The molecule has 0 N–H and O–H groups in total. The van der Waals surface area contributed by atoms with Gasteiger partial charge >= 0.3 is 0 Å². The van der Waals surface area contributed by atoms with Gasteiger partial charge in [0, 0.05) is 38.6 Å². The number of rotatable bonds is 5. The number of aryl methyl sites for hydroxylation is 1. The van der Waals surface area contributed by atoms with Gasteiger partial charge in [0.1, 0.15) is 0 Å². The number of benzene rings is 4. The van der Waals surface area contributed by atoms with E-state index in [1.54, 1.807) is 17.5 Å². The van der Waals surface area contributed by atoms with E-state index in [9.17, 15) is 0 Å². The molecule has 0 amide bonds. The van der Waals surface area contributed by atoms with E-state index in [1.165, 1.54) is 42.0 Å². The largest absolute Gasteiger partial charge is 0.305 e. The Labute approximate surface area is 293 Å². The minimum absolute atomic E-state index is 0. The van der Waals surface area contributed by atoms with Crippen LogP contribution in [0.4, 0.5) is 0 Å². The van der Waals surface area contributed by atoms with Crippen molar-refractivity contribution >= 4 is 44.8 Å². The molecule has 0 saturated carbocycles. The van der Waals surface area contributed by atoms with Gasteiger partial charge in [0.25, 0.3) is 0 Å². The fraction of sp³-hybridized carbons (Fsp3) is 0.171. The summed E-state index contributed by atoms with van der Waals surface area (Å²) in [7, 11) is -1.27. The smallest absolute Gasteiger partial charge is 0.0798 e. The number of pyridine rings is 2. The van der Waals surface area contributed by atoms with Crippen molar-refractivity contribution < 1.29 is 21.5 Å². The van der Waals surface area contributed by atoms with Crippen molar-refractivity contribution in [2.45, 2.75) is 46.3 Å². The van der Waals surface area contributed by atoms with Gasteiger partial charge in [-0.1, -0.05) is 105 Å². The van der Waals surface area contributed by atoms with Gasteiger partial charge in [0.15, 0.2) is 0 Å². The molecule has 0 spiro atoms. The summed E-state index contributed by atoms with van der Waals surface area (Å²) >= 11 is 1.79. The quantitative estimate of drug-likeness (QED) is 0.128. The topological polar surface area (TPSA) is 25.8 Å². The van der Waals surface area contributed by atoms with E-state index in [-0.39, 0.29) is 20.1 Å². The van der Waals surface area contributed by atoms with Crippen molar-refractivity contribution in [2.75, 3.05) is 0 Å². The summed E-state index contributed by atoms with van der Waals surface area (Å²) in [5.41, 5.74) is 8.76. The SMILES string of the molecule is Cc1cc(-c2[c-]cccc2)ncc1[Si](C)(C)C.[2H]C(C)(C)c1ccnc(-c2[c-]ccc3c2sc2cccc(-c4ccccc4)c23)c1.[Ir]. The van der Waals surface area contributed by atoms with Crippen LogP contribution in [0.25, 0.3) is 53.8 Å². The molecule has 0 saturated heterocycles. The molecular weight excluding hydrogens is 773 g/mol. The fourth-order valence-corrected chi connectivity index (χ4v) is 8.70. The van der Waals surface area contributed by atoms with Gasteiger partial charge in [0.05, 0.1) is 8.07 Å². The molecule has 0 unspecified atom stereocenters. The summed E-state index contributed by atoms with van der Waals surface area (Å²) in [4.78, 5) is 9.20. The second-order valence-corrected chi connectivity index (χ2v) is 18.7. The second kappa shape index (κ2) is 14.4. The third kappa shape index (κ3) is 7.14. The van der Waals surface area contributed by atoms with Crippen molar-refractivity contribution in [3.63, 3.8) is 0 Å². The molecule has 0 aliphatic carbocycles. The third-order valence-electron chi connectivity index (χ3n) is 8.04. The van der Waals surface area contributed by atoms with Crippen LogP contribution in [0.15, 0.2) is 116 Å². The summed E-state index contributed by atoms with van der Waals surface area (Å²) in [5, 5.41) is 3.96. The number of aromatic nitrogens is 2. The first-order chi connectivity index (χ1) is 22.0. The van der Waals surface area contributed by atoms with E-state index < -0.39 is 14.0 Å². The Morgan fingerprint density at radius 1 is 0.804 bits per heavy atom. The fourth-order valence-electron chi connectivity index (χ4n) is 5.76. The monoisotopic (exact) mass is 812 g/mol. The number of fused-ring (bicyclic) bond motifs is 3. The van der Waals surface area contributed by atoms with E-state index in [4.69, 9.17) is 1.37 Å². The Balaban J connectivity index is 0.000000207. The van der Waals surface area contributed by atoms with Crippen molar-refractivity contribution in [3.8, 4) is 33.6 Å². The van der Waals surface area contributed by atoms with Crippen molar-refractivity contribution in [1.29, 1.82) is 0 Å². The molecule has 7 rings (SSSR count). The molecule has 0 aliphatic rings. The summed E-state index contributed by atoms with van der Waals surface area (Å²) in [6.45, 7) is 13.0. The summed E-state index contributed by atoms with van der Waals surface area (Å²) in [6, 6.07) is 42.0. The molecule has 3 heterocycles. The first-order valence-corrected chi connectivity index (χ1v) is 19.6. The first kappa shape index (κ1) is 32.2. The predicted octanol–water partition coefficient (Wildman–Crippen LogP) is 11.1. The molecule has 0 atom stereocenters. The molecule has 0 aliphatic heterocycles. The average molecular weight is 812 g/mol. The second-order valence-electron chi connectivity index (χ2n) is 12.6. The van der Waals surface area contributed by atoms with Gasteiger partial charge in [-0.05, 0) is 62.7 Å². The van der Waals surface area contributed by atoms with E-state index in [2.05, 4.69) is 122 Å². The summed E-state index contributed by atoms with van der Waals surface area (Å²) in [6.07, 6.45) is 3.86. The van der Waals surface area contributed by atoms with Crippen LogP contribution in [0.2, 0.25) is 19.6 Å². The number of hydrogen-bond donors (Lipinski definition) is 0. The summed E-state index contributed by atoms with van der Waals surface area (Å²) in [5.74, 6) is -0.660. The third-order valence-corrected chi connectivity index (χ3v) is 11.4.